The molecule has 2 saturated heterocycles. The lowest BCUT2D eigenvalue weighted by Gasteiger charge is -2.38. The fourth-order valence-corrected chi connectivity index (χ4v) is 4.41. The van der Waals surface area contributed by atoms with Crippen LogP contribution in [0.3, 0.4) is 0 Å². The van der Waals surface area contributed by atoms with E-state index in [1.54, 1.807) is 0 Å². The van der Waals surface area contributed by atoms with Crippen LogP contribution in [0.5, 0.6) is 0 Å². The zero-order chi connectivity index (χ0) is 16.5. The third-order valence-electron chi connectivity index (χ3n) is 5.66. The second-order valence-electron chi connectivity index (χ2n) is 7.12. The van der Waals surface area contributed by atoms with E-state index in [0.717, 1.165) is 17.9 Å². The van der Waals surface area contributed by atoms with Crippen molar-refractivity contribution in [3.05, 3.63) is 70.7 Å². The largest absolute Gasteiger partial charge is 0.365 e. The number of fused-ring (bicyclic) bond motifs is 2. The Labute approximate surface area is 161 Å². The third-order valence-corrected chi connectivity index (χ3v) is 5.91. The summed E-state index contributed by atoms with van der Waals surface area (Å²) in [6.07, 6.45) is 5.24. The molecule has 134 valence electrons. The monoisotopic (exact) mass is 377 g/mol. The minimum atomic E-state index is -0.0173. The second kappa shape index (κ2) is 8.09. The van der Waals surface area contributed by atoms with Crippen molar-refractivity contribution in [2.75, 3.05) is 7.05 Å². The van der Waals surface area contributed by atoms with Gasteiger partial charge < -0.3 is 9.64 Å². The standard InChI is InChI=1S/C21H24ClNO.ClH/c1-23-18-11-12-19(23)14-20(13-18)24-21(15-5-3-2-4-6-15)16-7-9-17(22)10-8-16;/h2-10,18-21H,11-14H2,1H3;1H/t18-,19+,20?,21?;. The van der Waals surface area contributed by atoms with Crippen LogP contribution in [0, 0.1) is 0 Å². The van der Waals surface area contributed by atoms with Gasteiger partial charge in [0.15, 0.2) is 0 Å². The van der Waals surface area contributed by atoms with Crippen molar-refractivity contribution in [2.45, 2.75) is 50.0 Å². The Morgan fingerprint density at radius 2 is 1.48 bits per heavy atom. The van der Waals surface area contributed by atoms with E-state index < -0.39 is 0 Å². The first-order chi connectivity index (χ1) is 11.7. The number of nitrogens with zero attached hydrogens (tertiary/aromatic N) is 1. The first-order valence-corrected chi connectivity index (χ1v) is 9.26. The van der Waals surface area contributed by atoms with Crippen molar-refractivity contribution in [3.8, 4) is 0 Å². The average Bonchev–Trinajstić information content (AvgIpc) is 2.83. The van der Waals surface area contributed by atoms with Crippen LogP contribution in [0.2, 0.25) is 5.02 Å². The molecule has 0 spiro atoms. The fraction of sp³-hybridized carbons (Fsp3) is 0.429. The van der Waals surface area contributed by atoms with E-state index in [1.165, 1.54) is 24.0 Å². The molecule has 2 nitrogen and oxygen atoms in total. The molecule has 2 unspecified atom stereocenters. The summed E-state index contributed by atoms with van der Waals surface area (Å²) < 4.78 is 6.66. The minimum absolute atomic E-state index is 0. The van der Waals surface area contributed by atoms with Crippen LogP contribution in [-0.2, 0) is 4.74 Å². The lowest BCUT2D eigenvalue weighted by atomic mass is 9.97. The van der Waals surface area contributed by atoms with Crippen molar-refractivity contribution >= 4 is 24.0 Å². The quantitative estimate of drug-likeness (QED) is 0.697. The molecule has 0 radical (unpaired) electrons. The number of ether oxygens (including phenoxy) is 1. The number of hydrogen-bond acceptors (Lipinski definition) is 2. The van der Waals surface area contributed by atoms with Gasteiger partial charge in [0, 0.05) is 17.1 Å². The van der Waals surface area contributed by atoms with Crippen LogP contribution in [0.1, 0.15) is 42.9 Å². The molecule has 2 aromatic carbocycles. The molecule has 2 heterocycles. The maximum Gasteiger partial charge on any atom is 0.108 e. The van der Waals surface area contributed by atoms with Gasteiger partial charge in [0.25, 0.3) is 0 Å². The smallest absolute Gasteiger partial charge is 0.108 e. The summed E-state index contributed by atoms with van der Waals surface area (Å²) in [6.45, 7) is 0. The number of benzene rings is 2. The molecule has 2 fully saturated rings. The SMILES string of the molecule is CN1[C@@H]2CC[C@H]1CC(OC(c1ccccc1)c1ccc(Cl)cc1)C2.Cl. The van der Waals surface area contributed by atoms with Gasteiger partial charge in [-0.2, -0.15) is 0 Å². The van der Waals surface area contributed by atoms with Crippen LogP contribution < -0.4 is 0 Å². The summed E-state index contributed by atoms with van der Waals surface area (Å²) in [5.41, 5.74) is 2.39. The Morgan fingerprint density at radius 3 is 2.08 bits per heavy atom. The van der Waals surface area contributed by atoms with Crippen molar-refractivity contribution < 1.29 is 4.74 Å². The molecule has 0 aromatic heterocycles. The molecule has 25 heavy (non-hydrogen) atoms. The molecule has 0 saturated carbocycles. The van der Waals surface area contributed by atoms with Gasteiger partial charge in [-0.15, -0.1) is 12.4 Å². The van der Waals surface area contributed by atoms with Crippen molar-refractivity contribution in [1.82, 2.24) is 4.90 Å². The summed E-state index contributed by atoms with van der Waals surface area (Å²) in [5.74, 6) is 0. The average molecular weight is 378 g/mol. The molecule has 2 bridgehead atoms. The van der Waals surface area contributed by atoms with Gasteiger partial charge in [0.1, 0.15) is 6.10 Å². The highest BCUT2D eigenvalue weighted by molar-refractivity contribution is 6.30. The third kappa shape index (κ3) is 4.03. The number of halogens is 2. The molecule has 4 atom stereocenters. The van der Waals surface area contributed by atoms with Gasteiger partial charge in [-0.1, -0.05) is 54.1 Å². The normalized spacial score (nSPS) is 26.9. The van der Waals surface area contributed by atoms with Gasteiger partial charge in [-0.25, -0.2) is 0 Å². The molecule has 2 aliphatic rings. The Hall–Kier alpha value is -1.06. The molecule has 2 aromatic rings. The summed E-state index contributed by atoms with van der Waals surface area (Å²) in [6, 6.07) is 20.0. The molecule has 4 heteroatoms. The number of hydrogen-bond donors (Lipinski definition) is 0. The van der Waals surface area contributed by atoms with Crippen molar-refractivity contribution in [3.63, 3.8) is 0 Å². The van der Waals surface area contributed by atoms with Crippen LogP contribution in [0.25, 0.3) is 0 Å². The molecule has 0 amide bonds. The Kier molecular flexibility index (Phi) is 6.06. The zero-order valence-corrected chi connectivity index (χ0v) is 16.0. The number of piperidine rings is 1. The van der Waals surface area contributed by atoms with E-state index in [2.05, 4.69) is 54.4 Å². The maximum absolute atomic E-state index is 6.66. The van der Waals surface area contributed by atoms with E-state index in [-0.39, 0.29) is 18.5 Å². The maximum atomic E-state index is 6.66. The molecule has 0 aliphatic carbocycles. The minimum Gasteiger partial charge on any atom is -0.365 e. The Morgan fingerprint density at radius 1 is 0.920 bits per heavy atom. The topological polar surface area (TPSA) is 12.5 Å². The van der Waals surface area contributed by atoms with Crippen LogP contribution in [-0.4, -0.2) is 30.1 Å². The highest BCUT2D eigenvalue weighted by Gasteiger charge is 2.39. The summed E-state index contributed by atoms with van der Waals surface area (Å²) in [7, 11) is 2.27. The molecule has 2 aliphatic heterocycles. The van der Waals surface area contributed by atoms with Crippen LogP contribution >= 0.6 is 24.0 Å². The van der Waals surface area contributed by atoms with Gasteiger partial charge in [-0.3, -0.25) is 0 Å². The van der Waals surface area contributed by atoms with Crippen LogP contribution in [0.4, 0.5) is 0 Å². The highest BCUT2D eigenvalue weighted by Crippen LogP contribution is 2.38. The molecular formula is C21H25Cl2NO. The predicted octanol–water partition coefficient (Wildman–Crippen LogP) is 5.49. The fourth-order valence-electron chi connectivity index (χ4n) is 4.28. The predicted molar refractivity (Wildman–Crippen MR) is 106 cm³/mol. The first kappa shape index (κ1) is 18.7. The van der Waals surface area contributed by atoms with Crippen molar-refractivity contribution in [1.29, 1.82) is 0 Å². The van der Waals surface area contributed by atoms with E-state index in [4.69, 9.17) is 16.3 Å². The summed E-state index contributed by atoms with van der Waals surface area (Å²) >= 11 is 6.07. The molecular weight excluding hydrogens is 353 g/mol. The van der Waals surface area contributed by atoms with E-state index in [9.17, 15) is 0 Å². The van der Waals surface area contributed by atoms with Gasteiger partial charge in [0.05, 0.1) is 6.10 Å². The lowest BCUT2D eigenvalue weighted by Crippen LogP contribution is -2.43. The first-order valence-electron chi connectivity index (χ1n) is 8.88. The van der Waals surface area contributed by atoms with E-state index in [1.807, 2.05) is 12.1 Å². The molecule has 4 rings (SSSR count). The summed E-state index contributed by atoms with van der Waals surface area (Å²) in [4.78, 5) is 2.56. The zero-order valence-electron chi connectivity index (χ0n) is 14.5. The Balaban J connectivity index is 0.00000182. The summed E-state index contributed by atoms with van der Waals surface area (Å²) in [5, 5.41) is 0.767. The van der Waals surface area contributed by atoms with E-state index >= 15 is 0 Å². The Bertz CT molecular complexity index is 662. The number of rotatable bonds is 4. The van der Waals surface area contributed by atoms with Crippen molar-refractivity contribution in [2.24, 2.45) is 0 Å². The van der Waals surface area contributed by atoms with Crippen LogP contribution in [0.15, 0.2) is 54.6 Å². The van der Waals surface area contributed by atoms with Gasteiger partial charge in [0.2, 0.25) is 0 Å². The van der Waals surface area contributed by atoms with E-state index in [0.29, 0.717) is 18.2 Å². The second-order valence-corrected chi connectivity index (χ2v) is 7.56. The van der Waals surface area contributed by atoms with Gasteiger partial charge >= 0.3 is 0 Å². The molecule has 0 N–H and O–H groups in total. The van der Waals surface area contributed by atoms with Gasteiger partial charge in [-0.05, 0) is 56.0 Å². The highest BCUT2D eigenvalue weighted by atomic mass is 35.5. The lowest BCUT2D eigenvalue weighted by molar-refractivity contribution is -0.0426.